The maximum absolute atomic E-state index is 13.0. The van der Waals surface area contributed by atoms with Crippen LogP contribution >= 0.6 is 11.6 Å². The number of hydrogen-bond acceptors (Lipinski definition) is 7. The summed E-state index contributed by atoms with van der Waals surface area (Å²) in [4.78, 5) is 18.2. The van der Waals surface area contributed by atoms with Gasteiger partial charge in [-0.3, -0.25) is 4.79 Å². The normalized spacial score (nSPS) is 16.6. The molecule has 168 valence electrons. The number of benzene rings is 2. The van der Waals surface area contributed by atoms with Crippen molar-refractivity contribution in [3.05, 3.63) is 58.8 Å². The van der Waals surface area contributed by atoms with Crippen molar-refractivity contribution in [3.63, 3.8) is 0 Å². The first-order valence-corrected chi connectivity index (χ1v) is 10.9. The van der Waals surface area contributed by atoms with Crippen LogP contribution in [-0.4, -0.2) is 54.4 Å². The van der Waals surface area contributed by atoms with Crippen molar-refractivity contribution in [2.75, 3.05) is 38.3 Å². The summed E-state index contributed by atoms with van der Waals surface area (Å²) in [7, 11) is 1.43. The van der Waals surface area contributed by atoms with Crippen LogP contribution < -0.4 is 9.64 Å². The Balaban J connectivity index is 1.34. The van der Waals surface area contributed by atoms with Crippen LogP contribution in [0.3, 0.4) is 0 Å². The van der Waals surface area contributed by atoms with Gasteiger partial charge >= 0.3 is 0 Å². The van der Waals surface area contributed by atoms with E-state index in [1.165, 1.54) is 13.2 Å². The number of nitrogens with zero attached hydrogens (tertiary/aromatic N) is 2. The quantitative estimate of drug-likeness (QED) is 0.425. The van der Waals surface area contributed by atoms with Crippen LogP contribution in [0, 0.1) is 5.41 Å². The zero-order chi connectivity index (χ0) is 22.7. The van der Waals surface area contributed by atoms with Crippen LogP contribution in [0.15, 0.2) is 47.0 Å². The molecular formula is C24H20ClN3O5. The summed E-state index contributed by atoms with van der Waals surface area (Å²) in [5, 5.41) is 15.2. The zero-order valence-electron chi connectivity index (χ0n) is 17.7. The molecule has 4 aromatic rings. The van der Waals surface area contributed by atoms with Gasteiger partial charge in [-0.25, -0.2) is 0 Å². The maximum Gasteiger partial charge on any atom is 0.254 e. The van der Waals surface area contributed by atoms with Crippen molar-refractivity contribution in [1.82, 2.24) is 10.1 Å². The highest BCUT2D eigenvalue weighted by Gasteiger charge is 2.48. The molecule has 33 heavy (non-hydrogen) atoms. The predicted molar refractivity (Wildman–Crippen MR) is 122 cm³/mol. The van der Waals surface area contributed by atoms with E-state index < -0.39 is 5.78 Å². The summed E-state index contributed by atoms with van der Waals surface area (Å²) in [5.41, 5.74) is 3.80. The molecule has 2 aliphatic rings. The second kappa shape index (κ2) is 7.26. The second-order valence-corrected chi connectivity index (χ2v) is 9.09. The fourth-order valence-electron chi connectivity index (χ4n) is 4.61. The lowest BCUT2D eigenvalue weighted by molar-refractivity contribution is -0.127. The Hall–Kier alpha value is -3.49. The number of aromatic amines is 1. The lowest BCUT2D eigenvalue weighted by Crippen LogP contribution is -2.66. The van der Waals surface area contributed by atoms with E-state index in [0.717, 1.165) is 43.1 Å². The van der Waals surface area contributed by atoms with Gasteiger partial charge in [-0.15, -0.1) is 0 Å². The molecule has 2 fully saturated rings. The molecule has 2 saturated heterocycles. The van der Waals surface area contributed by atoms with Gasteiger partial charge in [-0.2, -0.15) is 0 Å². The smallest absolute Gasteiger partial charge is 0.254 e. The molecule has 8 nitrogen and oxygen atoms in total. The van der Waals surface area contributed by atoms with Crippen molar-refractivity contribution >= 4 is 34.0 Å². The SMILES string of the molecule is COc1cc(C(=O)c2c(O)[nH]c3cc(Cl)c(-c4ccc(N5CC6(COC6)C5)cc4)cc23)on1. The summed E-state index contributed by atoms with van der Waals surface area (Å²) in [6.45, 7) is 3.73. The molecule has 0 unspecified atom stereocenters. The lowest BCUT2D eigenvalue weighted by Gasteiger charge is -2.56. The van der Waals surface area contributed by atoms with Gasteiger partial charge in [0.05, 0.1) is 47.9 Å². The average molecular weight is 466 g/mol. The Bertz CT molecular complexity index is 1380. The van der Waals surface area contributed by atoms with Crippen molar-refractivity contribution < 1.29 is 23.9 Å². The molecule has 2 aromatic heterocycles. The number of ketones is 1. The molecule has 6 rings (SSSR count). The number of aromatic hydroxyl groups is 1. The number of rotatable bonds is 5. The number of fused-ring (bicyclic) bond motifs is 1. The third kappa shape index (κ3) is 3.17. The van der Waals surface area contributed by atoms with Crippen LogP contribution in [0.25, 0.3) is 22.0 Å². The maximum atomic E-state index is 13.0. The molecule has 0 saturated carbocycles. The fourth-order valence-corrected chi connectivity index (χ4v) is 4.88. The monoisotopic (exact) mass is 465 g/mol. The van der Waals surface area contributed by atoms with Crippen molar-refractivity contribution in [2.45, 2.75) is 0 Å². The molecule has 0 bridgehead atoms. The predicted octanol–water partition coefficient (Wildman–Crippen LogP) is 4.26. The third-order valence-electron chi connectivity index (χ3n) is 6.43. The van der Waals surface area contributed by atoms with Crippen molar-refractivity contribution in [2.24, 2.45) is 5.41 Å². The van der Waals surface area contributed by atoms with Gasteiger partial charge in [0, 0.05) is 29.7 Å². The van der Waals surface area contributed by atoms with Gasteiger partial charge < -0.3 is 29.0 Å². The van der Waals surface area contributed by atoms with Crippen LogP contribution in [0.1, 0.15) is 16.1 Å². The Morgan fingerprint density at radius 3 is 2.61 bits per heavy atom. The molecule has 0 atom stereocenters. The van der Waals surface area contributed by atoms with E-state index in [1.807, 2.05) is 12.1 Å². The van der Waals surface area contributed by atoms with Crippen LogP contribution in [0.2, 0.25) is 5.02 Å². The molecule has 0 aliphatic carbocycles. The highest BCUT2D eigenvalue weighted by Crippen LogP contribution is 2.41. The highest BCUT2D eigenvalue weighted by molar-refractivity contribution is 6.34. The lowest BCUT2D eigenvalue weighted by atomic mass is 9.78. The van der Waals surface area contributed by atoms with Crippen molar-refractivity contribution in [3.8, 4) is 22.9 Å². The van der Waals surface area contributed by atoms with E-state index in [2.05, 4.69) is 27.2 Å². The van der Waals surface area contributed by atoms with Gasteiger partial charge in [-0.1, -0.05) is 23.7 Å². The van der Waals surface area contributed by atoms with Gasteiger partial charge in [0.1, 0.15) is 0 Å². The van der Waals surface area contributed by atoms with E-state index in [4.69, 9.17) is 25.6 Å². The second-order valence-electron chi connectivity index (χ2n) is 8.68. The summed E-state index contributed by atoms with van der Waals surface area (Å²) in [6, 6.07) is 13.1. The number of nitrogens with one attached hydrogen (secondary N) is 1. The molecule has 0 radical (unpaired) electrons. The molecular weight excluding hydrogens is 446 g/mol. The Morgan fingerprint density at radius 1 is 1.21 bits per heavy atom. The summed E-state index contributed by atoms with van der Waals surface area (Å²) in [6.07, 6.45) is 0. The number of hydrogen-bond donors (Lipinski definition) is 2. The van der Waals surface area contributed by atoms with Crippen molar-refractivity contribution in [1.29, 1.82) is 0 Å². The number of anilines is 1. The molecule has 4 heterocycles. The summed E-state index contributed by atoms with van der Waals surface area (Å²) >= 11 is 6.57. The average Bonchev–Trinajstić information content (AvgIpc) is 3.35. The molecule has 2 aliphatic heterocycles. The Morgan fingerprint density at radius 2 is 1.97 bits per heavy atom. The first-order chi connectivity index (χ1) is 16.0. The first-order valence-electron chi connectivity index (χ1n) is 10.5. The van der Waals surface area contributed by atoms with E-state index >= 15 is 0 Å². The van der Waals surface area contributed by atoms with E-state index in [9.17, 15) is 9.90 Å². The van der Waals surface area contributed by atoms with Crippen LogP contribution in [0.4, 0.5) is 5.69 Å². The van der Waals surface area contributed by atoms with Crippen LogP contribution in [0.5, 0.6) is 11.8 Å². The number of carbonyl (C=O) groups is 1. The molecule has 1 spiro atoms. The minimum atomic E-state index is -0.509. The highest BCUT2D eigenvalue weighted by atomic mass is 35.5. The number of H-pyrrole nitrogens is 1. The van der Waals surface area contributed by atoms with Gasteiger partial charge in [-0.05, 0) is 35.0 Å². The number of aromatic nitrogens is 2. The first kappa shape index (κ1) is 20.1. The minimum Gasteiger partial charge on any atom is -0.494 e. The number of ether oxygens (including phenoxy) is 2. The molecule has 2 N–H and O–H groups in total. The van der Waals surface area contributed by atoms with Gasteiger partial charge in [0.2, 0.25) is 17.4 Å². The molecule has 2 aromatic carbocycles. The number of carbonyl (C=O) groups excluding carboxylic acids is 1. The molecule has 9 heteroatoms. The Kier molecular flexibility index (Phi) is 4.43. The van der Waals surface area contributed by atoms with E-state index in [1.54, 1.807) is 12.1 Å². The minimum absolute atomic E-state index is 0.0342. The largest absolute Gasteiger partial charge is 0.494 e. The standard InChI is InChI=1S/C24H20ClN3O5/c1-31-20-8-19(33-27-20)22(29)21-16-6-15(17(25)7-18(16)26-23(21)30)13-2-4-14(5-3-13)28-9-24(10-28)11-32-12-24/h2-8,26,30H,9-12H2,1H3. The number of methoxy groups -OCH3 is 1. The Labute approximate surface area is 193 Å². The third-order valence-corrected chi connectivity index (χ3v) is 6.74. The zero-order valence-corrected chi connectivity index (χ0v) is 18.5. The fraction of sp³-hybridized carbons (Fsp3) is 0.250. The van der Waals surface area contributed by atoms with Crippen LogP contribution in [-0.2, 0) is 4.74 Å². The van der Waals surface area contributed by atoms with E-state index in [-0.39, 0.29) is 23.1 Å². The topological polar surface area (TPSA) is 101 Å². The van der Waals surface area contributed by atoms with E-state index in [0.29, 0.717) is 21.3 Å². The summed E-state index contributed by atoms with van der Waals surface area (Å²) in [5.74, 6) is -0.627. The van der Waals surface area contributed by atoms with Gasteiger partial charge in [0.15, 0.2) is 0 Å². The van der Waals surface area contributed by atoms with Gasteiger partial charge in [0.25, 0.3) is 5.88 Å². The number of halogens is 1. The summed E-state index contributed by atoms with van der Waals surface area (Å²) < 4.78 is 15.4. The molecule has 0 amide bonds.